The molecule has 40 heavy (non-hydrogen) atoms. The van der Waals surface area contributed by atoms with Gasteiger partial charge in [0.25, 0.3) is 10.0 Å². The van der Waals surface area contributed by atoms with E-state index in [4.69, 9.17) is 9.47 Å². The molecule has 0 aliphatic rings. The molecular formula is C30H26N2O7S. The van der Waals surface area contributed by atoms with E-state index in [1.54, 1.807) is 42.5 Å². The first-order chi connectivity index (χ1) is 19.0. The van der Waals surface area contributed by atoms with Gasteiger partial charge in [-0.3, -0.25) is 19.1 Å². The molecule has 0 unspecified atom stereocenters. The lowest BCUT2D eigenvalue weighted by Gasteiger charge is -2.13. The van der Waals surface area contributed by atoms with Crippen molar-refractivity contribution >= 4 is 56.1 Å². The summed E-state index contributed by atoms with van der Waals surface area (Å²) >= 11 is 0. The van der Waals surface area contributed by atoms with E-state index < -0.39 is 27.9 Å². The number of hydrogen-bond acceptors (Lipinski definition) is 7. The van der Waals surface area contributed by atoms with Crippen molar-refractivity contribution in [3.05, 3.63) is 96.1 Å². The summed E-state index contributed by atoms with van der Waals surface area (Å²) < 4.78 is 39.2. The van der Waals surface area contributed by atoms with Crippen LogP contribution >= 0.6 is 0 Å². The summed E-state index contributed by atoms with van der Waals surface area (Å²) in [6.07, 6.45) is 2.71. The van der Waals surface area contributed by atoms with Gasteiger partial charge in [0, 0.05) is 48.1 Å². The highest BCUT2D eigenvalue weighted by molar-refractivity contribution is 7.93. The van der Waals surface area contributed by atoms with Gasteiger partial charge < -0.3 is 14.8 Å². The number of hydrogen-bond donors (Lipinski definition) is 2. The Morgan fingerprint density at radius 1 is 0.775 bits per heavy atom. The second-order valence-corrected chi connectivity index (χ2v) is 10.5. The summed E-state index contributed by atoms with van der Waals surface area (Å²) in [5.74, 6) is -1.31. The predicted molar refractivity (Wildman–Crippen MR) is 153 cm³/mol. The van der Waals surface area contributed by atoms with Crippen molar-refractivity contribution in [2.75, 3.05) is 10.0 Å². The third kappa shape index (κ3) is 7.12. The topological polar surface area (TPSA) is 128 Å². The first-order valence-electron chi connectivity index (χ1n) is 12.1. The maximum absolute atomic E-state index is 13.2. The first-order valence-corrected chi connectivity index (χ1v) is 13.6. The Balaban J connectivity index is 1.59. The minimum absolute atomic E-state index is 0.0671. The second kappa shape index (κ2) is 11.8. The van der Waals surface area contributed by atoms with Crippen molar-refractivity contribution < 1.29 is 32.3 Å². The zero-order valence-electron chi connectivity index (χ0n) is 21.9. The van der Waals surface area contributed by atoms with Gasteiger partial charge in [0.2, 0.25) is 5.91 Å². The van der Waals surface area contributed by atoms with Crippen molar-refractivity contribution in [1.29, 1.82) is 0 Å². The number of benzene rings is 4. The van der Waals surface area contributed by atoms with Crippen LogP contribution in [0, 0.1) is 6.92 Å². The van der Waals surface area contributed by atoms with E-state index in [1.807, 2.05) is 19.1 Å². The molecule has 0 heterocycles. The molecule has 0 saturated heterocycles. The molecular weight excluding hydrogens is 532 g/mol. The summed E-state index contributed by atoms with van der Waals surface area (Å²) in [5, 5.41) is 3.74. The Hall–Kier alpha value is -4.96. The van der Waals surface area contributed by atoms with Crippen LogP contribution in [-0.2, 0) is 24.4 Å². The Bertz CT molecular complexity index is 1710. The lowest BCUT2D eigenvalue weighted by Crippen LogP contribution is -2.14. The molecule has 4 aromatic rings. The van der Waals surface area contributed by atoms with E-state index in [2.05, 4.69) is 10.0 Å². The molecule has 0 fully saturated rings. The fourth-order valence-electron chi connectivity index (χ4n) is 3.94. The summed E-state index contributed by atoms with van der Waals surface area (Å²) in [6.45, 7) is 4.39. The molecule has 0 saturated carbocycles. The largest absolute Gasteiger partial charge is 0.427 e. The van der Waals surface area contributed by atoms with Gasteiger partial charge >= 0.3 is 11.9 Å². The smallest absolute Gasteiger partial charge is 0.308 e. The van der Waals surface area contributed by atoms with Gasteiger partial charge in [-0.05, 0) is 55.0 Å². The number of carbonyl (C=O) groups excluding carboxylic acids is 3. The molecule has 9 nitrogen and oxygen atoms in total. The highest BCUT2D eigenvalue weighted by atomic mass is 32.2. The Labute approximate surface area is 231 Å². The highest BCUT2D eigenvalue weighted by Crippen LogP contribution is 2.30. The van der Waals surface area contributed by atoms with Gasteiger partial charge in [0.05, 0.1) is 4.90 Å². The van der Waals surface area contributed by atoms with E-state index in [9.17, 15) is 22.8 Å². The van der Waals surface area contributed by atoms with Gasteiger partial charge in [0.1, 0.15) is 11.5 Å². The lowest BCUT2D eigenvalue weighted by atomic mass is 10.1. The normalized spacial score (nSPS) is 11.3. The van der Waals surface area contributed by atoms with Gasteiger partial charge in [-0.25, -0.2) is 8.42 Å². The molecule has 0 aromatic heterocycles. The molecule has 4 aromatic carbocycles. The zero-order valence-corrected chi connectivity index (χ0v) is 22.7. The Morgan fingerprint density at radius 2 is 1.38 bits per heavy atom. The molecule has 0 bridgehead atoms. The summed E-state index contributed by atoms with van der Waals surface area (Å²) in [7, 11) is -3.92. The average Bonchev–Trinajstić information content (AvgIpc) is 2.88. The van der Waals surface area contributed by atoms with Crippen LogP contribution in [0.1, 0.15) is 25.0 Å². The lowest BCUT2D eigenvalue weighted by molar-refractivity contribution is -0.132. The number of aryl methyl sites for hydroxylation is 1. The summed E-state index contributed by atoms with van der Waals surface area (Å²) in [4.78, 5) is 35.6. The van der Waals surface area contributed by atoms with Crippen LogP contribution < -0.4 is 19.5 Å². The Morgan fingerprint density at radius 3 is 2.00 bits per heavy atom. The van der Waals surface area contributed by atoms with Crippen LogP contribution in [0.5, 0.6) is 11.5 Å². The molecule has 2 N–H and O–H groups in total. The molecule has 204 valence electrons. The van der Waals surface area contributed by atoms with Crippen molar-refractivity contribution in [2.24, 2.45) is 0 Å². The maximum Gasteiger partial charge on any atom is 0.308 e. The summed E-state index contributed by atoms with van der Waals surface area (Å²) in [6, 6.07) is 21.2. The number of rotatable bonds is 8. The number of nitrogens with one attached hydrogen (secondary N) is 2. The molecule has 0 atom stereocenters. The van der Waals surface area contributed by atoms with Crippen LogP contribution in [0.4, 0.5) is 11.4 Å². The number of carbonyl (C=O) groups is 3. The van der Waals surface area contributed by atoms with Crippen molar-refractivity contribution in [3.8, 4) is 11.5 Å². The van der Waals surface area contributed by atoms with Crippen molar-refractivity contribution in [2.45, 2.75) is 25.7 Å². The fraction of sp³-hybridized carbons (Fsp3) is 0.100. The quantitative estimate of drug-likeness (QED) is 0.167. The standard InChI is InChI=1S/C30H26N2O7S/c1-19-10-13-23(14-11-19)32-40(36,37)29-9-5-6-26-27(29)7-4-8-28(26)31-30(35)15-12-22-16-24(38-20(2)33)18-25(17-22)39-21(3)34/h4-18,32H,1-3H3,(H,31,35)/b15-12+. The van der Waals surface area contributed by atoms with Crippen LogP contribution in [0.2, 0.25) is 0 Å². The summed E-state index contributed by atoms with van der Waals surface area (Å²) in [5.41, 5.74) is 2.30. The average molecular weight is 559 g/mol. The predicted octanol–water partition coefficient (Wildman–Crippen LogP) is 5.45. The SMILES string of the molecule is CC(=O)Oc1cc(/C=C/C(=O)Nc2cccc3c(S(=O)(=O)Nc4ccc(C)cc4)cccc23)cc(OC(C)=O)c1. The molecule has 0 spiro atoms. The van der Waals surface area contributed by atoms with Crippen LogP contribution in [-0.4, -0.2) is 26.3 Å². The third-order valence-electron chi connectivity index (χ3n) is 5.59. The van der Waals surface area contributed by atoms with Gasteiger partial charge in [0.15, 0.2) is 0 Å². The number of fused-ring (bicyclic) bond motifs is 1. The third-order valence-corrected chi connectivity index (χ3v) is 7.03. The van der Waals surface area contributed by atoms with Crippen molar-refractivity contribution in [1.82, 2.24) is 0 Å². The van der Waals surface area contributed by atoms with Crippen LogP contribution in [0.15, 0.2) is 89.8 Å². The number of anilines is 2. The van der Waals surface area contributed by atoms with Gasteiger partial charge in [-0.15, -0.1) is 0 Å². The number of sulfonamides is 1. The number of ether oxygens (including phenoxy) is 2. The Kier molecular flexibility index (Phi) is 8.30. The number of esters is 2. The van der Waals surface area contributed by atoms with E-state index in [0.717, 1.165) is 5.56 Å². The molecule has 0 aliphatic carbocycles. The van der Waals surface area contributed by atoms with E-state index in [0.29, 0.717) is 27.7 Å². The van der Waals surface area contributed by atoms with E-state index >= 15 is 0 Å². The van der Waals surface area contributed by atoms with E-state index in [-0.39, 0.29) is 16.4 Å². The van der Waals surface area contributed by atoms with Crippen LogP contribution in [0.3, 0.4) is 0 Å². The monoisotopic (exact) mass is 558 g/mol. The molecule has 4 rings (SSSR count). The van der Waals surface area contributed by atoms with Gasteiger partial charge in [-0.2, -0.15) is 0 Å². The van der Waals surface area contributed by atoms with E-state index in [1.165, 1.54) is 50.3 Å². The molecule has 0 aliphatic heterocycles. The molecule has 10 heteroatoms. The minimum atomic E-state index is -3.92. The first kappa shape index (κ1) is 28.1. The minimum Gasteiger partial charge on any atom is -0.427 e. The molecule has 1 amide bonds. The van der Waals surface area contributed by atoms with Gasteiger partial charge in [-0.1, -0.05) is 42.0 Å². The van der Waals surface area contributed by atoms with Crippen LogP contribution in [0.25, 0.3) is 16.8 Å². The number of amides is 1. The molecule has 0 radical (unpaired) electrons. The fourth-order valence-corrected chi connectivity index (χ4v) is 5.22. The van der Waals surface area contributed by atoms with Crippen molar-refractivity contribution in [3.63, 3.8) is 0 Å². The highest BCUT2D eigenvalue weighted by Gasteiger charge is 2.19. The maximum atomic E-state index is 13.2. The zero-order chi connectivity index (χ0) is 28.9. The second-order valence-electron chi connectivity index (χ2n) is 8.88.